The average Bonchev–Trinajstić information content (AvgIpc) is 2.29. The lowest BCUT2D eigenvalue weighted by molar-refractivity contribution is -0.140. The second-order valence-corrected chi connectivity index (χ2v) is 4.36. The van der Waals surface area contributed by atoms with Crippen LogP contribution in [0, 0.1) is 5.92 Å². The highest BCUT2D eigenvalue weighted by Crippen LogP contribution is 2.23. The van der Waals surface area contributed by atoms with Gasteiger partial charge in [0.2, 0.25) is 0 Å². The molecule has 0 saturated heterocycles. The molecule has 1 N–H and O–H groups in total. The molecule has 1 aromatic heterocycles. The summed E-state index contributed by atoms with van der Waals surface area (Å²) in [5.41, 5.74) is 0.795. The summed E-state index contributed by atoms with van der Waals surface area (Å²) < 4.78 is 0. The van der Waals surface area contributed by atoms with E-state index in [9.17, 15) is 4.79 Å². The minimum Gasteiger partial charge on any atom is -0.481 e. The Kier molecular flexibility index (Phi) is 5.22. The molecule has 0 aromatic carbocycles. The topological polar surface area (TPSA) is 53.4 Å². The third kappa shape index (κ3) is 3.89. The number of carbonyl (C=O) groups is 1. The molecule has 1 heterocycles. The molecule has 1 rings (SSSR count). The Hall–Kier alpha value is -1.29. The molecule has 1 atom stereocenters. The van der Waals surface area contributed by atoms with Crippen LogP contribution >= 0.6 is 11.6 Å². The van der Waals surface area contributed by atoms with Gasteiger partial charge in [-0.2, -0.15) is 0 Å². The highest BCUT2D eigenvalue weighted by atomic mass is 35.5. The molecule has 17 heavy (non-hydrogen) atoms. The molecule has 0 aliphatic carbocycles. The minimum absolute atomic E-state index is 0.415. The van der Waals surface area contributed by atoms with Crippen LogP contribution in [0.3, 0.4) is 0 Å². The number of aromatic nitrogens is 1. The maximum Gasteiger partial charge on any atom is 0.308 e. The first kappa shape index (κ1) is 13.8. The summed E-state index contributed by atoms with van der Waals surface area (Å²) in [7, 11) is 0. The maximum atomic E-state index is 10.9. The monoisotopic (exact) mass is 256 g/mol. The van der Waals surface area contributed by atoms with Crippen molar-refractivity contribution >= 4 is 23.3 Å². The van der Waals surface area contributed by atoms with Crippen LogP contribution in [0.4, 0.5) is 5.69 Å². The van der Waals surface area contributed by atoms with Gasteiger partial charge in [-0.15, -0.1) is 0 Å². The molecule has 5 heteroatoms. The lowest BCUT2D eigenvalue weighted by atomic mass is 10.1. The third-order valence-electron chi connectivity index (χ3n) is 2.49. The smallest absolute Gasteiger partial charge is 0.308 e. The summed E-state index contributed by atoms with van der Waals surface area (Å²) in [6, 6.07) is 3.66. The lowest BCUT2D eigenvalue weighted by Gasteiger charge is -2.26. The van der Waals surface area contributed by atoms with Crippen molar-refractivity contribution in [3.8, 4) is 0 Å². The summed E-state index contributed by atoms with van der Waals surface area (Å²) >= 11 is 6.02. The number of aliphatic carboxylic acids is 1. The summed E-state index contributed by atoms with van der Waals surface area (Å²) in [6.07, 6.45) is 2.55. The number of carboxylic acid groups (broad SMARTS) is 1. The Bertz CT molecular complexity index is 385. The van der Waals surface area contributed by atoms with Crippen molar-refractivity contribution in [3.63, 3.8) is 0 Å². The molecule has 0 aliphatic rings. The van der Waals surface area contributed by atoms with Crippen molar-refractivity contribution in [1.29, 1.82) is 0 Å². The van der Waals surface area contributed by atoms with Crippen molar-refractivity contribution in [2.45, 2.75) is 20.3 Å². The Labute approximate surface area is 106 Å². The Morgan fingerprint density at radius 3 is 2.88 bits per heavy atom. The SMILES string of the molecule is CCCN(CC(C)C(=O)O)c1cccnc1Cl. The van der Waals surface area contributed by atoms with Crippen LogP contribution in [0.25, 0.3) is 0 Å². The predicted octanol–water partition coefficient (Wildman–Crippen LogP) is 2.67. The van der Waals surface area contributed by atoms with Gasteiger partial charge in [-0.05, 0) is 18.6 Å². The molecular formula is C12H17ClN2O2. The molecule has 1 aromatic rings. The zero-order valence-corrected chi connectivity index (χ0v) is 10.8. The normalized spacial score (nSPS) is 12.2. The fourth-order valence-electron chi connectivity index (χ4n) is 1.60. The van der Waals surface area contributed by atoms with Gasteiger partial charge in [0, 0.05) is 19.3 Å². The van der Waals surface area contributed by atoms with Gasteiger partial charge in [0.15, 0.2) is 5.15 Å². The van der Waals surface area contributed by atoms with E-state index in [1.165, 1.54) is 0 Å². The van der Waals surface area contributed by atoms with Crippen molar-refractivity contribution in [3.05, 3.63) is 23.5 Å². The number of carboxylic acids is 1. The molecule has 0 radical (unpaired) electrons. The van der Waals surface area contributed by atoms with Crippen LogP contribution in [-0.2, 0) is 4.79 Å². The van der Waals surface area contributed by atoms with E-state index in [0.29, 0.717) is 11.7 Å². The number of rotatable bonds is 6. The number of halogens is 1. The van der Waals surface area contributed by atoms with Gasteiger partial charge in [0.1, 0.15) is 0 Å². The van der Waals surface area contributed by atoms with Crippen molar-refractivity contribution < 1.29 is 9.90 Å². The van der Waals surface area contributed by atoms with Gasteiger partial charge in [0.25, 0.3) is 0 Å². The molecular weight excluding hydrogens is 240 g/mol. The fourth-order valence-corrected chi connectivity index (χ4v) is 1.84. The maximum absolute atomic E-state index is 10.9. The van der Waals surface area contributed by atoms with Crippen molar-refractivity contribution in [2.24, 2.45) is 5.92 Å². The van der Waals surface area contributed by atoms with Crippen LogP contribution < -0.4 is 4.90 Å². The Morgan fingerprint density at radius 2 is 2.35 bits per heavy atom. The van der Waals surface area contributed by atoms with Crippen molar-refractivity contribution in [2.75, 3.05) is 18.0 Å². The first-order chi connectivity index (χ1) is 8.06. The van der Waals surface area contributed by atoms with Gasteiger partial charge >= 0.3 is 5.97 Å². The van der Waals surface area contributed by atoms with E-state index >= 15 is 0 Å². The van der Waals surface area contributed by atoms with Gasteiger partial charge in [-0.25, -0.2) is 4.98 Å². The molecule has 0 amide bonds. The highest BCUT2D eigenvalue weighted by Gasteiger charge is 2.17. The zero-order valence-electron chi connectivity index (χ0n) is 10.1. The molecule has 0 fully saturated rings. The van der Waals surface area contributed by atoms with Gasteiger partial charge in [0.05, 0.1) is 11.6 Å². The van der Waals surface area contributed by atoms with Gasteiger partial charge < -0.3 is 10.0 Å². The standard InChI is InChI=1S/C12H17ClN2O2/c1-3-7-15(8-9(2)12(16)17)10-5-4-6-14-11(10)13/h4-6,9H,3,7-8H2,1-2H3,(H,16,17). The summed E-state index contributed by atoms with van der Waals surface area (Å²) in [6.45, 7) is 4.94. The van der Waals surface area contributed by atoms with Crippen LogP contribution in [0.15, 0.2) is 18.3 Å². The van der Waals surface area contributed by atoms with E-state index in [-0.39, 0.29) is 0 Å². The van der Waals surface area contributed by atoms with E-state index in [2.05, 4.69) is 4.98 Å². The molecule has 1 unspecified atom stereocenters. The van der Waals surface area contributed by atoms with E-state index < -0.39 is 11.9 Å². The van der Waals surface area contributed by atoms with E-state index in [1.807, 2.05) is 17.9 Å². The Morgan fingerprint density at radius 1 is 1.65 bits per heavy atom. The molecule has 0 saturated carbocycles. The van der Waals surface area contributed by atoms with Crippen LogP contribution in [0.1, 0.15) is 20.3 Å². The van der Waals surface area contributed by atoms with Gasteiger partial charge in [-0.3, -0.25) is 4.79 Å². The molecule has 0 aliphatic heterocycles. The number of nitrogens with zero attached hydrogens (tertiary/aromatic N) is 2. The summed E-state index contributed by atoms with van der Waals surface area (Å²) in [5, 5.41) is 9.36. The second kappa shape index (κ2) is 6.45. The highest BCUT2D eigenvalue weighted by molar-refractivity contribution is 6.32. The quantitative estimate of drug-likeness (QED) is 0.795. The summed E-state index contributed by atoms with van der Waals surface area (Å²) in [4.78, 5) is 16.9. The number of anilines is 1. The van der Waals surface area contributed by atoms with Crippen molar-refractivity contribution in [1.82, 2.24) is 4.98 Å². The molecule has 4 nitrogen and oxygen atoms in total. The van der Waals surface area contributed by atoms with Crippen LogP contribution in [0.5, 0.6) is 0 Å². The third-order valence-corrected chi connectivity index (χ3v) is 2.78. The lowest BCUT2D eigenvalue weighted by Crippen LogP contribution is -2.32. The molecule has 0 spiro atoms. The summed E-state index contributed by atoms with van der Waals surface area (Å²) in [5.74, 6) is -1.23. The number of hydrogen-bond donors (Lipinski definition) is 1. The van der Waals surface area contributed by atoms with E-state index in [0.717, 1.165) is 18.7 Å². The minimum atomic E-state index is -0.800. The van der Waals surface area contributed by atoms with E-state index in [4.69, 9.17) is 16.7 Å². The first-order valence-electron chi connectivity index (χ1n) is 5.64. The predicted molar refractivity (Wildman–Crippen MR) is 68.6 cm³/mol. The largest absolute Gasteiger partial charge is 0.481 e. The van der Waals surface area contributed by atoms with Crippen LogP contribution in [0.2, 0.25) is 5.15 Å². The Balaban J connectivity index is 2.86. The molecule has 0 bridgehead atoms. The number of hydrogen-bond acceptors (Lipinski definition) is 3. The average molecular weight is 257 g/mol. The zero-order chi connectivity index (χ0) is 12.8. The molecule has 94 valence electrons. The first-order valence-corrected chi connectivity index (χ1v) is 6.02. The number of pyridine rings is 1. The second-order valence-electron chi connectivity index (χ2n) is 4.00. The van der Waals surface area contributed by atoms with E-state index in [1.54, 1.807) is 19.2 Å². The fraction of sp³-hybridized carbons (Fsp3) is 0.500. The van der Waals surface area contributed by atoms with Gasteiger partial charge in [-0.1, -0.05) is 25.4 Å². The van der Waals surface area contributed by atoms with Crippen LogP contribution in [-0.4, -0.2) is 29.1 Å².